The van der Waals surface area contributed by atoms with Gasteiger partial charge in [-0.15, -0.1) is 0 Å². The molecule has 2 heterocycles. The number of furan rings is 1. The molecule has 0 unspecified atom stereocenters. The second-order valence-electron chi connectivity index (χ2n) is 13.2. The van der Waals surface area contributed by atoms with E-state index in [4.69, 9.17) is 9.40 Å². The number of nitrogens with zero attached hydrogens (tertiary/aromatic N) is 2. The molecule has 2 aromatic heterocycles. The van der Waals surface area contributed by atoms with Crippen molar-refractivity contribution in [3.8, 4) is 33.4 Å². The summed E-state index contributed by atoms with van der Waals surface area (Å²) in [5.74, 6) is 0.814. The van der Waals surface area contributed by atoms with Gasteiger partial charge in [-0.1, -0.05) is 146 Å². The SMILES string of the molecule is c1ccc(-c2cccc(N(c3cccc(-c4ccc(-c5cccc6ccccc56)cc4)c3)c3cc4c(ccc5c6ccccc6oc45)cn3)c2)cc1. The fraction of sp³-hybridized carbons (Fsp3) is 0. The highest BCUT2D eigenvalue weighted by Crippen LogP contribution is 2.41. The highest BCUT2D eigenvalue weighted by atomic mass is 16.3. The van der Waals surface area contributed by atoms with Gasteiger partial charge in [-0.3, -0.25) is 4.90 Å². The molecule has 0 saturated carbocycles. The van der Waals surface area contributed by atoms with E-state index in [-0.39, 0.29) is 0 Å². The Kier molecular flexibility index (Phi) is 7.14. The van der Waals surface area contributed by atoms with Gasteiger partial charge in [0.25, 0.3) is 0 Å². The molecular weight excluding hydrogens is 633 g/mol. The van der Waals surface area contributed by atoms with E-state index in [9.17, 15) is 0 Å². The first kappa shape index (κ1) is 29.9. The number of benzene rings is 8. The van der Waals surface area contributed by atoms with Gasteiger partial charge < -0.3 is 4.42 Å². The normalized spacial score (nSPS) is 11.5. The van der Waals surface area contributed by atoms with E-state index in [0.29, 0.717) is 0 Å². The Hall–Kier alpha value is -6.97. The Bertz CT molecular complexity index is 2900. The summed E-state index contributed by atoms with van der Waals surface area (Å²) in [6.45, 7) is 0. The maximum absolute atomic E-state index is 6.48. The Morgan fingerprint density at radius 2 is 1.00 bits per heavy atom. The molecule has 244 valence electrons. The van der Waals surface area contributed by atoms with Crippen LogP contribution in [0.25, 0.3) is 76.9 Å². The standard InChI is InChI=1S/C49H32N2O/c1-2-11-33(12-3-1)37-15-8-17-40(29-37)51(48-31-46-39(32-50-48)27-28-45-44-20-6-7-22-47(44)52-49(45)46)41-18-9-16-38(30-41)34-23-25-36(26-24-34)43-21-10-14-35-13-4-5-19-42(35)43/h1-32H. The quantitative estimate of drug-likeness (QED) is 0.177. The third-order valence-electron chi connectivity index (χ3n) is 10.1. The van der Waals surface area contributed by atoms with E-state index in [1.54, 1.807) is 0 Å². The molecule has 0 spiro atoms. The fourth-order valence-electron chi connectivity index (χ4n) is 7.52. The van der Waals surface area contributed by atoms with E-state index in [2.05, 4.69) is 181 Å². The predicted molar refractivity (Wildman–Crippen MR) is 218 cm³/mol. The lowest BCUT2D eigenvalue weighted by Gasteiger charge is -2.26. The van der Waals surface area contributed by atoms with Crippen LogP contribution in [0.5, 0.6) is 0 Å². The van der Waals surface area contributed by atoms with Crippen LogP contribution < -0.4 is 4.90 Å². The molecule has 52 heavy (non-hydrogen) atoms. The smallest absolute Gasteiger partial charge is 0.143 e. The first-order valence-corrected chi connectivity index (χ1v) is 17.6. The van der Waals surface area contributed by atoms with Crippen molar-refractivity contribution in [2.75, 3.05) is 4.90 Å². The molecule has 0 N–H and O–H groups in total. The van der Waals surface area contributed by atoms with E-state index in [0.717, 1.165) is 66.6 Å². The van der Waals surface area contributed by atoms with Crippen molar-refractivity contribution in [3.63, 3.8) is 0 Å². The number of aromatic nitrogens is 1. The Morgan fingerprint density at radius 3 is 1.79 bits per heavy atom. The van der Waals surface area contributed by atoms with Crippen molar-refractivity contribution in [3.05, 3.63) is 194 Å². The van der Waals surface area contributed by atoms with Gasteiger partial charge in [-0.2, -0.15) is 0 Å². The molecule has 3 heteroatoms. The molecule has 0 aliphatic rings. The van der Waals surface area contributed by atoms with Crippen LogP contribution in [0.3, 0.4) is 0 Å². The van der Waals surface area contributed by atoms with Crippen LogP contribution in [0, 0.1) is 0 Å². The minimum Gasteiger partial charge on any atom is -0.455 e. The maximum atomic E-state index is 6.48. The summed E-state index contributed by atoms with van der Waals surface area (Å²) in [5.41, 5.74) is 10.8. The van der Waals surface area contributed by atoms with Gasteiger partial charge in [0.05, 0.1) is 0 Å². The third kappa shape index (κ3) is 5.19. The van der Waals surface area contributed by atoms with Crippen LogP contribution in [-0.2, 0) is 0 Å². The van der Waals surface area contributed by atoms with E-state index < -0.39 is 0 Å². The molecule has 0 fully saturated rings. The first-order chi connectivity index (χ1) is 25.8. The number of para-hydroxylation sites is 1. The average molecular weight is 665 g/mol. The zero-order valence-corrected chi connectivity index (χ0v) is 28.3. The van der Waals surface area contributed by atoms with Crippen molar-refractivity contribution < 1.29 is 4.42 Å². The van der Waals surface area contributed by atoms with Gasteiger partial charge in [-0.05, 0) is 86.6 Å². The molecule has 0 atom stereocenters. The largest absolute Gasteiger partial charge is 0.455 e. The molecule has 0 saturated heterocycles. The molecule has 0 amide bonds. The summed E-state index contributed by atoms with van der Waals surface area (Å²) in [7, 11) is 0. The second-order valence-corrected chi connectivity index (χ2v) is 13.2. The van der Waals surface area contributed by atoms with Crippen LogP contribution in [0.1, 0.15) is 0 Å². The summed E-state index contributed by atoms with van der Waals surface area (Å²) in [4.78, 5) is 7.33. The van der Waals surface area contributed by atoms with Crippen molar-refractivity contribution in [2.24, 2.45) is 0 Å². The fourth-order valence-corrected chi connectivity index (χ4v) is 7.52. The first-order valence-electron chi connectivity index (χ1n) is 17.6. The maximum Gasteiger partial charge on any atom is 0.143 e. The predicted octanol–water partition coefficient (Wildman–Crippen LogP) is 13.8. The Balaban J connectivity index is 1.11. The zero-order chi connectivity index (χ0) is 34.4. The second kappa shape index (κ2) is 12.4. The van der Waals surface area contributed by atoms with E-state index >= 15 is 0 Å². The molecule has 3 nitrogen and oxygen atoms in total. The van der Waals surface area contributed by atoms with Gasteiger partial charge in [0.15, 0.2) is 0 Å². The van der Waals surface area contributed by atoms with Crippen LogP contribution in [0.15, 0.2) is 199 Å². The molecule has 0 bridgehead atoms. The number of fused-ring (bicyclic) bond motifs is 6. The zero-order valence-electron chi connectivity index (χ0n) is 28.3. The topological polar surface area (TPSA) is 29.3 Å². The molecule has 0 aliphatic heterocycles. The summed E-state index contributed by atoms with van der Waals surface area (Å²) in [6.07, 6.45) is 1.96. The molecule has 8 aromatic carbocycles. The summed E-state index contributed by atoms with van der Waals surface area (Å²) in [5, 5.41) is 6.79. The summed E-state index contributed by atoms with van der Waals surface area (Å²) < 4.78 is 6.48. The highest BCUT2D eigenvalue weighted by molar-refractivity contribution is 6.15. The van der Waals surface area contributed by atoms with Gasteiger partial charge in [0.2, 0.25) is 0 Å². The number of hydrogen-bond donors (Lipinski definition) is 0. The van der Waals surface area contributed by atoms with E-state index in [1.165, 1.54) is 27.5 Å². The van der Waals surface area contributed by atoms with Crippen LogP contribution >= 0.6 is 0 Å². The van der Waals surface area contributed by atoms with Crippen molar-refractivity contribution in [1.29, 1.82) is 0 Å². The van der Waals surface area contributed by atoms with Gasteiger partial charge in [0.1, 0.15) is 17.0 Å². The monoisotopic (exact) mass is 664 g/mol. The number of pyridine rings is 1. The minimum atomic E-state index is 0.814. The Morgan fingerprint density at radius 1 is 0.385 bits per heavy atom. The lowest BCUT2D eigenvalue weighted by atomic mass is 9.96. The van der Waals surface area contributed by atoms with Crippen molar-refractivity contribution >= 4 is 60.7 Å². The Labute approximate surface area is 301 Å². The van der Waals surface area contributed by atoms with Crippen LogP contribution in [0.4, 0.5) is 17.2 Å². The molecule has 0 radical (unpaired) electrons. The lowest BCUT2D eigenvalue weighted by molar-refractivity contribution is 0.672. The average Bonchev–Trinajstić information content (AvgIpc) is 3.61. The number of anilines is 3. The van der Waals surface area contributed by atoms with Crippen molar-refractivity contribution in [2.45, 2.75) is 0 Å². The minimum absolute atomic E-state index is 0.814. The summed E-state index contributed by atoms with van der Waals surface area (Å²) in [6, 6.07) is 66.6. The van der Waals surface area contributed by atoms with E-state index in [1.807, 2.05) is 18.3 Å². The van der Waals surface area contributed by atoms with Crippen LogP contribution in [-0.4, -0.2) is 4.98 Å². The molecule has 0 aliphatic carbocycles. The lowest BCUT2D eigenvalue weighted by Crippen LogP contribution is -2.11. The van der Waals surface area contributed by atoms with Crippen LogP contribution in [0.2, 0.25) is 0 Å². The summed E-state index contributed by atoms with van der Waals surface area (Å²) >= 11 is 0. The molecular formula is C49H32N2O. The number of hydrogen-bond acceptors (Lipinski definition) is 3. The van der Waals surface area contributed by atoms with Crippen molar-refractivity contribution in [1.82, 2.24) is 4.98 Å². The molecule has 10 aromatic rings. The van der Waals surface area contributed by atoms with Gasteiger partial charge >= 0.3 is 0 Å². The molecule has 10 rings (SSSR count). The number of rotatable bonds is 6. The van der Waals surface area contributed by atoms with Gasteiger partial charge in [0, 0.05) is 39.1 Å². The highest BCUT2D eigenvalue weighted by Gasteiger charge is 2.18. The third-order valence-corrected chi connectivity index (χ3v) is 10.1. The van der Waals surface area contributed by atoms with Gasteiger partial charge in [-0.25, -0.2) is 4.98 Å².